The van der Waals surface area contributed by atoms with Crippen LogP contribution in [0.3, 0.4) is 0 Å². The first-order valence-corrected chi connectivity index (χ1v) is 11.5. The van der Waals surface area contributed by atoms with E-state index in [4.69, 9.17) is 9.47 Å². The predicted molar refractivity (Wildman–Crippen MR) is 119 cm³/mol. The second-order valence-electron chi connectivity index (χ2n) is 8.89. The molecule has 5 rings (SSSR count). The lowest BCUT2D eigenvalue weighted by Crippen LogP contribution is -2.25. The Morgan fingerprint density at radius 2 is 1.74 bits per heavy atom. The summed E-state index contributed by atoms with van der Waals surface area (Å²) in [5.74, 6) is 2.92. The van der Waals surface area contributed by atoms with E-state index in [1.54, 1.807) is 12.4 Å². The molecule has 0 spiro atoms. The Labute approximate surface area is 183 Å². The zero-order valence-corrected chi connectivity index (χ0v) is 18.2. The van der Waals surface area contributed by atoms with Gasteiger partial charge < -0.3 is 9.47 Å². The van der Waals surface area contributed by atoms with Crippen LogP contribution in [0, 0.1) is 12.8 Å². The molecule has 2 aromatic heterocycles. The van der Waals surface area contributed by atoms with Crippen molar-refractivity contribution in [1.82, 2.24) is 19.9 Å². The third-order valence-electron chi connectivity index (χ3n) is 6.67. The molecule has 2 fully saturated rings. The Balaban J connectivity index is 1.28. The molecular weight excluding hydrogens is 388 g/mol. The molecule has 3 heterocycles. The molecular formula is C25H30N4O2. The molecule has 3 aromatic rings. The van der Waals surface area contributed by atoms with Gasteiger partial charge in [0.05, 0.1) is 11.6 Å². The number of aryl methyl sites for hydroxylation is 1. The van der Waals surface area contributed by atoms with Gasteiger partial charge in [0.1, 0.15) is 17.1 Å². The van der Waals surface area contributed by atoms with Crippen LogP contribution < -0.4 is 4.74 Å². The highest BCUT2D eigenvalue weighted by Gasteiger charge is 2.25. The Morgan fingerprint density at radius 3 is 2.55 bits per heavy atom. The molecule has 0 radical (unpaired) electrons. The summed E-state index contributed by atoms with van der Waals surface area (Å²) in [6.45, 7) is 3.61. The third-order valence-corrected chi connectivity index (χ3v) is 6.67. The van der Waals surface area contributed by atoms with Crippen LogP contribution in [-0.4, -0.2) is 39.3 Å². The van der Waals surface area contributed by atoms with Crippen LogP contribution in [0.4, 0.5) is 0 Å². The van der Waals surface area contributed by atoms with Gasteiger partial charge in [-0.3, -0.25) is 4.98 Å². The maximum absolute atomic E-state index is 6.56. The minimum Gasteiger partial charge on any atom is -0.488 e. The number of aromatic nitrogens is 4. The van der Waals surface area contributed by atoms with E-state index in [9.17, 15) is 0 Å². The first kappa shape index (κ1) is 20.3. The summed E-state index contributed by atoms with van der Waals surface area (Å²) < 4.78 is 12.1. The monoisotopic (exact) mass is 418 g/mol. The van der Waals surface area contributed by atoms with Crippen LogP contribution in [0.1, 0.15) is 61.5 Å². The molecule has 0 unspecified atom stereocenters. The second kappa shape index (κ2) is 9.27. The smallest absolute Gasteiger partial charge is 0.147 e. The van der Waals surface area contributed by atoms with Crippen molar-refractivity contribution in [2.75, 3.05) is 13.2 Å². The van der Waals surface area contributed by atoms with Crippen molar-refractivity contribution in [2.45, 2.75) is 63.9 Å². The average Bonchev–Trinajstić information content (AvgIpc) is 2.81. The number of benzene rings is 1. The highest BCUT2D eigenvalue weighted by atomic mass is 16.5. The summed E-state index contributed by atoms with van der Waals surface area (Å²) in [4.78, 5) is 17.9. The summed E-state index contributed by atoms with van der Waals surface area (Å²) in [7, 11) is 0. The van der Waals surface area contributed by atoms with Crippen molar-refractivity contribution >= 4 is 11.0 Å². The topological polar surface area (TPSA) is 70.0 Å². The van der Waals surface area contributed by atoms with Crippen LogP contribution in [-0.2, 0) is 11.2 Å². The SMILES string of the molecule is Cc1nccc(CC2CCC(Oc3cc(C4CCOCC4)cc4nccnc34)CC2)n1. The summed E-state index contributed by atoms with van der Waals surface area (Å²) >= 11 is 0. The van der Waals surface area contributed by atoms with Crippen molar-refractivity contribution < 1.29 is 9.47 Å². The van der Waals surface area contributed by atoms with Crippen LogP contribution in [0.5, 0.6) is 5.75 Å². The lowest BCUT2D eigenvalue weighted by Gasteiger charge is -2.29. The number of rotatable bonds is 5. The zero-order chi connectivity index (χ0) is 21.0. The fourth-order valence-corrected chi connectivity index (χ4v) is 4.97. The van der Waals surface area contributed by atoms with E-state index >= 15 is 0 Å². The van der Waals surface area contributed by atoms with Crippen molar-refractivity contribution in [2.24, 2.45) is 5.92 Å². The fourth-order valence-electron chi connectivity index (χ4n) is 4.97. The van der Waals surface area contributed by atoms with E-state index in [0.29, 0.717) is 11.8 Å². The van der Waals surface area contributed by atoms with E-state index in [2.05, 4.69) is 32.1 Å². The number of hydrogen-bond acceptors (Lipinski definition) is 6. The summed E-state index contributed by atoms with van der Waals surface area (Å²) in [5, 5.41) is 0. The molecule has 0 amide bonds. The van der Waals surface area contributed by atoms with Gasteiger partial charge >= 0.3 is 0 Å². The third kappa shape index (κ3) is 4.85. The van der Waals surface area contributed by atoms with Gasteiger partial charge in [-0.25, -0.2) is 15.0 Å². The Kier molecular flexibility index (Phi) is 6.07. The van der Waals surface area contributed by atoms with E-state index in [0.717, 1.165) is 86.5 Å². The number of nitrogens with zero attached hydrogens (tertiary/aromatic N) is 4. The predicted octanol–water partition coefficient (Wildman–Crippen LogP) is 4.80. The lowest BCUT2D eigenvalue weighted by molar-refractivity contribution is 0.0851. The van der Waals surface area contributed by atoms with Gasteiger partial charge in [0.15, 0.2) is 0 Å². The maximum Gasteiger partial charge on any atom is 0.147 e. The van der Waals surface area contributed by atoms with E-state index in [1.165, 1.54) is 5.56 Å². The highest BCUT2D eigenvalue weighted by molar-refractivity contribution is 5.81. The zero-order valence-electron chi connectivity index (χ0n) is 18.2. The molecule has 2 aliphatic rings. The normalized spacial score (nSPS) is 22.5. The van der Waals surface area contributed by atoms with Crippen LogP contribution in [0.25, 0.3) is 11.0 Å². The Bertz CT molecular complexity index is 1030. The standard InChI is InChI=1S/C25H30N4O2/c1-17-26-9-6-21(29-17)14-18-2-4-22(5-3-18)31-24-16-20(19-7-12-30-13-8-19)15-23-25(24)28-11-10-27-23/h6,9-11,15-16,18-19,22H,2-5,7-8,12-14H2,1H3. The number of ether oxygens (including phenoxy) is 2. The largest absolute Gasteiger partial charge is 0.488 e. The van der Waals surface area contributed by atoms with Gasteiger partial charge in [-0.05, 0) is 87.5 Å². The molecule has 162 valence electrons. The molecule has 6 nitrogen and oxygen atoms in total. The second-order valence-corrected chi connectivity index (χ2v) is 8.89. The lowest BCUT2D eigenvalue weighted by atomic mass is 9.84. The van der Waals surface area contributed by atoms with Gasteiger partial charge in [0.2, 0.25) is 0 Å². The molecule has 1 aliphatic carbocycles. The van der Waals surface area contributed by atoms with E-state index in [1.807, 2.05) is 19.2 Å². The van der Waals surface area contributed by atoms with Crippen LogP contribution in [0.15, 0.2) is 36.8 Å². The average molecular weight is 419 g/mol. The molecule has 0 bridgehead atoms. The first-order valence-electron chi connectivity index (χ1n) is 11.5. The molecule has 0 N–H and O–H groups in total. The molecule has 31 heavy (non-hydrogen) atoms. The van der Waals surface area contributed by atoms with Gasteiger partial charge in [-0.2, -0.15) is 0 Å². The van der Waals surface area contributed by atoms with Gasteiger partial charge in [0.25, 0.3) is 0 Å². The van der Waals surface area contributed by atoms with Crippen LogP contribution in [0.2, 0.25) is 0 Å². The quantitative estimate of drug-likeness (QED) is 0.593. The summed E-state index contributed by atoms with van der Waals surface area (Å²) in [5.41, 5.74) is 4.26. The van der Waals surface area contributed by atoms with Crippen molar-refractivity contribution in [3.63, 3.8) is 0 Å². The number of fused-ring (bicyclic) bond motifs is 1. The van der Waals surface area contributed by atoms with Gasteiger partial charge in [-0.15, -0.1) is 0 Å². The van der Waals surface area contributed by atoms with Crippen molar-refractivity contribution in [3.05, 3.63) is 53.9 Å². The Hall–Kier alpha value is -2.60. The summed E-state index contributed by atoms with van der Waals surface area (Å²) in [6, 6.07) is 6.44. The first-order chi connectivity index (χ1) is 15.2. The van der Waals surface area contributed by atoms with E-state index < -0.39 is 0 Å². The number of hydrogen-bond donors (Lipinski definition) is 0. The molecule has 0 atom stereocenters. The molecule has 1 aromatic carbocycles. The fraction of sp³-hybridized carbons (Fsp3) is 0.520. The Morgan fingerprint density at radius 1 is 0.935 bits per heavy atom. The minimum absolute atomic E-state index is 0.235. The van der Waals surface area contributed by atoms with Gasteiger partial charge in [-0.1, -0.05) is 0 Å². The highest BCUT2D eigenvalue weighted by Crippen LogP contribution is 2.36. The molecule has 6 heteroatoms. The van der Waals surface area contributed by atoms with Crippen molar-refractivity contribution in [3.8, 4) is 5.75 Å². The summed E-state index contributed by atoms with van der Waals surface area (Å²) in [6.07, 6.45) is 13.2. The molecule has 1 aliphatic heterocycles. The molecule has 1 saturated heterocycles. The van der Waals surface area contributed by atoms with E-state index in [-0.39, 0.29) is 6.10 Å². The molecule has 1 saturated carbocycles. The minimum atomic E-state index is 0.235. The van der Waals surface area contributed by atoms with Crippen molar-refractivity contribution in [1.29, 1.82) is 0 Å². The van der Waals surface area contributed by atoms with Crippen LogP contribution >= 0.6 is 0 Å². The maximum atomic E-state index is 6.56. The van der Waals surface area contributed by atoms with Gasteiger partial charge in [0, 0.05) is 37.5 Å².